The van der Waals surface area contributed by atoms with Crippen LogP contribution >= 0.6 is 0 Å². The number of rotatable bonds is 6. The Bertz CT molecular complexity index is 822. The van der Waals surface area contributed by atoms with E-state index in [1.165, 1.54) is 19.3 Å². The molecule has 2 aromatic rings. The smallest absolute Gasteiger partial charge is 0.228 e. The molecule has 1 aromatic heterocycles. The molecule has 0 bridgehead atoms. The van der Waals surface area contributed by atoms with Crippen LogP contribution in [0, 0.1) is 0 Å². The van der Waals surface area contributed by atoms with Crippen LogP contribution in [0.1, 0.15) is 39.0 Å². The first kappa shape index (κ1) is 19.1. The molecule has 3 heterocycles. The van der Waals surface area contributed by atoms with Crippen LogP contribution in [-0.2, 0) is 0 Å². The number of hydrogen-bond acceptors (Lipinski definition) is 7. The molecule has 7 heteroatoms. The first-order valence-electron chi connectivity index (χ1n) is 10.4. The zero-order valence-corrected chi connectivity index (χ0v) is 17.1. The summed E-state index contributed by atoms with van der Waals surface area (Å²) < 4.78 is 11.0. The first-order chi connectivity index (χ1) is 13.7. The second-order valence-corrected chi connectivity index (χ2v) is 7.68. The molecule has 7 nitrogen and oxygen atoms in total. The molecule has 0 radical (unpaired) electrons. The second kappa shape index (κ2) is 8.39. The Morgan fingerprint density at radius 3 is 2.68 bits per heavy atom. The largest absolute Gasteiger partial charge is 0.493 e. The summed E-state index contributed by atoms with van der Waals surface area (Å²) >= 11 is 0. The third-order valence-corrected chi connectivity index (χ3v) is 5.93. The molecular weight excluding hydrogens is 354 g/mol. The van der Waals surface area contributed by atoms with Crippen molar-refractivity contribution in [2.24, 2.45) is 0 Å². The van der Waals surface area contributed by atoms with E-state index in [1.807, 2.05) is 12.1 Å². The minimum absolute atomic E-state index is 0.369. The SMILES string of the molecule is CCC1CCCN1c1nc(N[C@H]2CCCNC2)c2cc(OC)c(OC)cc2n1. The van der Waals surface area contributed by atoms with Crippen molar-refractivity contribution in [3.63, 3.8) is 0 Å². The molecule has 2 atom stereocenters. The average Bonchev–Trinajstić information content (AvgIpc) is 3.22. The Morgan fingerprint density at radius 2 is 1.96 bits per heavy atom. The van der Waals surface area contributed by atoms with Crippen LogP contribution in [0.25, 0.3) is 10.9 Å². The van der Waals surface area contributed by atoms with E-state index in [4.69, 9.17) is 19.4 Å². The van der Waals surface area contributed by atoms with Gasteiger partial charge in [-0.05, 0) is 44.7 Å². The molecule has 1 aromatic carbocycles. The van der Waals surface area contributed by atoms with Crippen molar-refractivity contribution in [2.75, 3.05) is 44.1 Å². The number of aromatic nitrogens is 2. The van der Waals surface area contributed by atoms with Gasteiger partial charge in [-0.25, -0.2) is 4.98 Å². The summed E-state index contributed by atoms with van der Waals surface area (Å²) in [7, 11) is 3.32. The molecule has 28 heavy (non-hydrogen) atoms. The van der Waals surface area contributed by atoms with Crippen molar-refractivity contribution in [1.29, 1.82) is 0 Å². The molecule has 4 rings (SSSR count). The lowest BCUT2D eigenvalue weighted by Crippen LogP contribution is -2.39. The molecule has 0 saturated carbocycles. The lowest BCUT2D eigenvalue weighted by Gasteiger charge is -2.27. The maximum Gasteiger partial charge on any atom is 0.228 e. The van der Waals surface area contributed by atoms with Crippen LogP contribution in [0.5, 0.6) is 11.5 Å². The highest BCUT2D eigenvalue weighted by Gasteiger charge is 2.27. The van der Waals surface area contributed by atoms with Crippen LogP contribution < -0.4 is 25.0 Å². The summed E-state index contributed by atoms with van der Waals surface area (Å²) in [6.07, 6.45) is 5.83. The number of fused-ring (bicyclic) bond motifs is 1. The van der Waals surface area contributed by atoms with E-state index in [0.717, 1.165) is 55.1 Å². The van der Waals surface area contributed by atoms with Gasteiger partial charge < -0.3 is 25.0 Å². The highest BCUT2D eigenvalue weighted by atomic mass is 16.5. The van der Waals surface area contributed by atoms with E-state index in [9.17, 15) is 0 Å². The number of nitrogens with zero attached hydrogens (tertiary/aromatic N) is 3. The summed E-state index contributed by atoms with van der Waals surface area (Å²) in [4.78, 5) is 12.3. The van der Waals surface area contributed by atoms with Gasteiger partial charge in [-0.1, -0.05) is 6.92 Å². The van der Waals surface area contributed by atoms with Gasteiger partial charge in [-0.3, -0.25) is 0 Å². The molecule has 152 valence electrons. The summed E-state index contributed by atoms with van der Waals surface area (Å²) in [6.45, 7) is 5.30. The summed E-state index contributed by atoms with van der Waals surface area (Å²) in [5.41, 5.74) is 0.885. The van der Waals surface area contributed by atoms with Crippen molar-refractivity contribution < 1.29 is 9.47 Å². The number of benzene rings is 1. The molecular formula is C21H31N5O2. The number of piperidine rings is 1. The Kier molecular flexibility index (Phi) is 5.71. The minimum atomic E-state index is 0.369. The van der Waals surface area contributed by atoms with Gasteiger partial charge in [-0.15, -0.1) is 0 Å². The van der Waals surface area contributed by atoms with Crippen molar-refractivity contribution in [2.45, 2.75) is 51.1 Å². The standard InChI is InChI=1S/C21H31N5O2/c1-4-15-8-6-10-26(15)21-24-17-12-19(28-3)18(27-2)11-16(17)20(25-21)23-14-7-5-9-22-13-14/h11-12,14-15,22H,4-10,13H2,1-3H3,(H,23,24,25)/t14-,15?/m0/s1. The number of anilines is 2. The predicted molar refractivity (Wildman–Crippen MR) is 113 cm³/mol. The van der Waals surface area contributed by atoms with E-state index in [1.54, 1.807) is 14.2 Å². The van der Waals surface area contributed by atoms with Crippen LogP contribution in [0.2, 0.25) is 0 Å². The molecule has 2 saturated heterocycles. The van der Waals surface area contributed by atoms with Gasteiger partial charge in [0.2, 0.25) is 5.95 Å². The number of ether oxygens (including phenoxy) is 2. The molecule has 0 amide bonds. The van der Waals surface area contributed by atoms with Crippen molar-refractivity contribution in [3.8, 4) is 11.5 Å². The van der Waals surface area contributed by atoms with Gasteiger partial charge in [-0.2, -0.15) is 4.98 Å². The van der Waals surface area contributed by atoms with E-state index in [-0.39, 0.29) is 0 Å². The van der Waals surface area contributed by atoms with Crippen LogP contribution in [0.15, 0.2) is 12.1 Å². The van der Waals surface area contributed by atoms with Crippen molar-refractivity contribution in [1.82, 2.24) is 15.3 Å². The molecule has 2 aliphatic rings. The van der Waals surface area contributed by atoms with Gasteiger partial charge in [0.15, 0.2) is 11.5 Å². The summed E-state index contributed by atoms with van der Waals surface area (Å²) in [6, 6.07) is 4.83. The van der Waals surface area contributed by atoms with Gasteiger partial charge in [0.1, 0.15) is 5.82 Å². The Hall–Kier alpha value is -2.28. The topological polar surface area (TPSA) is 71.5 Å². The van der Waals surface area contributed by atoms with E-state index in [2.05, 4.69) is 22.5 Å². The normalized spacial score (nSPS) is 22.5. The van der Waals surface area contributed by atoms with Crippen LogP contribution in [0.3, 0.4) is 0 Å². The molecule has 2 N–H and O–H groups in total. The quantitative estimate of drug-likeness (QED) is 0.791. The van der Waals surface area contributed by atoms with Gasteiger partial charge in [0.25, 0.3) is 0 Å². The third-order valence-electron chi connectivity index (χ3n) is 5.93. The lowest BCUT2D eigenvalue weighted by molar-refractivity contribution is 0.356. The fourth-order valence-corrected chi connectivity index (χ4v) is 4.37. The van der Waals surface area contributed by atoms with Crippen LogP contribution in [-0.4, -0.2) is 55.9 Å². The molecule has 0 spiro atoms. The predicted octanol–water partition coefficient (Wildman–Crippen LogP) is 3.19. The highest BCUT2D eigenvalue weighted by molar-refractivity contribution is 5.93. The average molecular weight is 386 g/mol. The third kappa shape index (κ3) is 3.68. The number of methoxy groups -OCH3 is 2. The fourth-order valence-electron chi connectivity index (χ4n) is 4.37. The van der Waals surface area contributed by atoms with Gasteiger partial charge in [0, 0.05) is 36.6 Å². The number of nitrogens with one attached hydrogen (secondary N) is 2. The Labute approximate surface area is 166 Å². The van der Waals surface area contributed by atoms with Crippen molar-refractivity contribution >= 4 is 22.7 Å². The summed E-state index contributed by atoms with van der Waals surface area (Å²) in [5, 5.41) is 8.11. The summed E-state index contributed by atoms with van der Waals surface area (Å²) in [5.74, 6) is 3.09. The molecule has 2 fully saturated rings. The van der Waals surface area contributed by atoms with E-state index >= 15 is 0 Å². The molecule has 0 aliphatic carbocycles. The Morgan fingerprint density at radius 1 is 1.14 bits per heavy atom. The fraction of sp³-hybridized carbons (Fsp3) is 0.619. The van der Waals surface area contributed by atoms with Crippen LogP contribution in [0.4, 0.5) is 11.8 Å². The van der Waals surface area contributed by atoms with E-state index in [0.29, 0.717) is 23.6 Å². The monoisotopic (exact) mass is 385 g/mol. The molecule has 1 unspecified atom stereocenters. The minimum Gasteiger partial charge on any atom is -0.493 e. The number of hydrogen-bond donors (Lipinski definition) is 2. The Balaban J connectivity index is 1.79. The lowest BCUT2D eigenvalue weighted by atomic mass is 10.1. The zero-order chi connectivity index (χ0) is 19.5. The second-order valence-electron chi connectivity index (χ2n) is 7.68. The van der Waals surface area contributed by atoms with Gasteiger partial charge in [0.05, 0.1) is 19.7 Å². The molecule has 2 aliphatic heterocycles. The maximum absolute atomic E-state index is 5.52. The zero-order valence-electron chi connectivity index (χ0n) is 17.1. The first-order valence-corrected chi connectivity index (χ1v) is 10.4. The van der Waals surface area contributed by atoms with E-state index < -0.39 is 0 Å². The van der Waals surface area contributed by atoms with Crippen molar-refractivity contribution in [3.05, 3.63) is 12.1 Å². The maximum atomic E-state index is 5.52. The highest BCUT2D eigenvalue weighted by Crippen LogP contribution is 2.36. The van der Waals surface area contributed by atoms with Gasteiger partial charge >= 0.3 is 0 Å².